The molecule has 1 fully saturated rings. The normalized spacial score (nSPS) is 17.9. The fourth-order valence-corrected chi connectivity index (χ4v) is 1.72. The second-order valence-electron chi connectivity index (χ2n) is 4.71. The Labute approximate surface area is 85.1 Å². The Bertz CT molecular complexity index is 386. The second-order valence-corrected chi connectivity index (χ2v) is 4.71. The van der Waals surface area contributed by atoms with E-state index >= 15 is 0 Å². The highest BCUT2D eigenvalue weighted by molar-refractivity contribution is 6.03. The van der Waals surface area contributed by atoms with Crippen molar-refractivity contribution in [2.45, 2.75) is 33.6 Å². The van der Waals surface area contributed by atoms with Crippen LogP contribution in [0.15, 0.2) is 18.2 Å². The lowest BCUT2D eigenvalue weighted by molar-refractivity contribution is 0.0912. The van der Waals surface area contributed by atoms with Gasteiger partial charge >= 0.3 is 0 Å². The van der Waals surface area contributed by atoms with Crippen LogP contribution in [0.4, 0.5) is 0 Å². The molecule has 0 radical (unpaired) electrons. The van der Waals surface area contributed by atoms with Crippen LogP contribution in [0.5, 0.6) is 0 Å². The number of benzene rings is 1. The first-order chi connectivity index (χ1) is 6.53. The average molecular weight is 188 g/mol. The number of ketones is 1. The van der Waals surface area contributed by atoms with Gasteiger partial charge in [-0.25, -0.2) is 0 Å². The maximum atomic E-state index is 12.1. The predicted octanol–water partition coefficient (Wildman–Crippen LogP) is 3.29. The molecule has 14 heavy (non-hydrogen) atoms. The molecule has 0 aliphatic heterocycles. The lowest BCUT2D eigenvalue weighted by Crippen LogP contribution is -2.13. The first kappa shape index (κ1) is 9.45. The molecule has 0 amide bonds. The van der Waals surface area contributed by atoms with Crippen molar-refractivity contribution in [3.8, 4) is 0 Å². The monoisotopic (exact) mass is 188 g/mol. The first-order valence-electron chi connectivity index (χ1n) is 5.15. The Hall–Kier alpha value is -1.11. The van der Waals surface area contributed by atoms with Gasteiger partial charge in [0, 0.05) is 11.0 Å². The molecule has 1 saturated carbocycles. The van der Waals surface area contributed by atoms with E-state index in [1.54, 1.807) is 0 Å². The van der Waals surface area contributed by atoms with E-state index in [1.807, 2.05) is 26.0 Å². The van der Waals surface area contributed by atoms with Crippen LogP contribution in [-0.2, 0) is 0 Å². The van der Waals surface area contributed by atoms with E-state index in [9.17, 15) is 4.79 Å². The molecule has 0 heterocycles. The van der Waals surface area contributed by atoms with E-state index in [2.05, 4.69) is 13.0 Å². The summed E-state index contributed by atoms with van der Waals surface area (Å²) in [6.45, 7) is 6.11. The molecule has 0 N–H and O–H groups in total. The van der Waals surface area contributed by atoms with Gasteiger partial charge in [-0.2, -0.15) is 0 Å². The Morgan fingerprint density at radius 2 is 1.93 bits per heavy atom. The molecule has 0 atom stereocenters. The molecule has 0 saturated heterocycles. The number of aryl methyl sites for hydroxylation is 2. The molecule has 2 rings (SSSR count). The van der Waals surface area contributed by atoms with E-state index < -0.39 is 0 Å². The van der Waals surface area contributed by atoms with Crippen LogP contribution in [0.1, 0.15) is 41.3 Å². The molecule has 1 aliphatic carbocycles. The first-order valence-corrected chi connectivity index (χ1v) is 5.15. The van der Waals surface area contributed by atoms with Crippen LogP contribution in [0.2, 0.25) is 0 Å². The minimum Gasteiger partial charge on any atom is -0.294 e. The third-order valence-corrected chi connectivity index (χ3v) is 3.19. The molecule has 0 spiro atoms. The van der Waals surface area contributed by atoms with Gasteiger partial charge in [0.25, 0.3) is 0 Å². The smallest absolute Gasteiger partial charge is 0.168 e. The molecule has 1 aromatic carbocycles. The van der Waals surface area contributed by atoms with E-state index in [0.717, 1.165) is 24.0 Å². The molecule has 1 aliphatic rings. The minimum atomic E-state index is -0.0431. The van der Waals surface area contributed by atoms with Gasteiger partial charge in [0.2, 0.25) is 0 Å². The van der Waals surface area contributed by atoms with Gasteiger partial charge in [-0.05, 0) is 38.3 Å². The summed E-state index contributed by atoms with van der Waals surface area (Å²) in [7, 11) is 0. The summed E-state index contributed by atoms with van der Waals surface area (Å²) < 4.78 is 0. The number of Topliss-reactive ketones (excluding diaryl/α,β-unsaturated/α-hetero) is 1. The number of hydrogen-bond acceptors (Lipinski definition) is 1. The minimum absolute atomic E-state index is 0.0431. The van der Waals surface area contributed by atoms with E-state index in [0.29, 0.717) is 5.78 Å². The van der Waals surface area contributed by atoms with Crippen molar-refractivity contribution in [2.24, 2.45) is 5.41 Å². The van der Waals surface area contributed by atoms with E-state index in [1.165, 1.54) is 5.56 Å². The topological polar surface area (TPSA) is 17.1 Å². The zero-order valence-corrected chi connectivity index (χ0v) is 9.05. The largest absolute Gasteiger partial charge is 0.294 e. The summed E-state index contributed by atoms with van der Waals surface area (Å²) in [6, 6.07) is 6.11. The summed E-state index contributed by atoms with van der Waals surface area (Å²) in [6.07, 6.45) is 2.11. The quantitative estimate of drug-likeness (QED) is 0.651. The van der Waals surface area contributed by atoms with Gasteiger partial charge in [0.05, 0.1) is 0 Å². The van der Waals surface area contributed by atoms with Crippen molar-refractivity contribution in [2.75, 3.05) is 0 Å². The zero-order valence-electron chi connectivity index (χ0n) is 9.05. The average Bonchev–Trinajstić information content (AvgIpc) is 2.88. The summed E-state index contributed by atoms with van der Waals surface area (Å²) in [5, 5.41) is 0. The molecule has 1 heteroatoms. The fourth-order valence-electron chi connectivity index (χ4n) is 1.72. The van der Waals surface area contributed by atoms with Crippen molar-refractivity contribution < 1.29 is 4.79 Å². The molecular weight excluding hydrogens is 172 g/mol. The van der Waals surface area contributed by atoms with Crippen LogP contribution in [0.25, 0.3) is 0 Å². The van der Waals surface area contributed by atoms with Crippen molar-refractivity contribution in [3.05, 3.63) is 34.9 Å². The third-order valence-electron chi connectivity index (χ3n) is 3.19. The van der Waals surface area contributed by atoms with Crippen molar-refractivity contribution in [1.29, 1.82) is 0 Å². The Balaban J connectivity index is 2.40. The van der Waals surface area contributed by atoms with Gasteiger partial charge < -0.3 is 0 Å². The molecule has 74 valence electrons. The molecule has 0 unspecified atom stereocenters. The maximum absolute atomic E-state index is 12.1. The summed E-state index contributed by atoms with van der Waals surface area (Å²) >= 11 is 0. The molecule has 1 nitrogen and oxygen atoms in total. The van der Waals surface area contributed by atoms with Crippen LogP contribution in [0, 0.1) is 19.3 Å². The lowest BCUT2D eigenvalue weighted by Gasteiger charge is -2.10. The lowest BCUT2D eigenvalue weighted by atomic mass is 9.92. The standard InChI is InChI=1S/C13H16O/c1-9-4-5-10(2)11(8-9)12(14)13(3)6-7-13/h4-5,8H,6-7H2,1-3H3. The highest BCUT2D eigenvalue weighted by Gasteiger charge is 2.45. The van der Waals surface area contributed by atoms with Crippen LogP contribution < -0.4 is 0 Å². The van der Waals surface area contributed by atoms with Crippen LogP contribution >= 0.6 is 0 Å². The Morgan fingerprint density at radius 1 is 1.29 bits per heavy atom. The van der Waals surface area contributed by atoms with Crippen LogP contribution in [0.3, 0.4) is 0 Å². The highest BCUT2D eigenvalue weighted by atomic mass is 16.1. The van der Waals surface area contributed by atoms with Crippen molar-refractivity contribution in [1.82, 2.24) is 0 Å². The zero-order chi connectivity index (χ0) is 10.3. The number of carbonyl (C=O) groups excluding carboxylic acids is 1. The summed E-state index contributed by atoms with van der Waals surface area (Å²) in [5.41, 5.74) is 3.15. The molecule has 0 aromatic heterocycles. The van der Waals surface area contributed by atoms with E-state index in [4.69, 9.17) is 0 Å². The Morgan fingerprint density at radius 3 is 2.50 bits per heavy atom. The molecule has 0 bridgehead atoms. The molecular formula is C13H16O. The Kier molecular flexibility index (Phi) is 1.99. The van der Waals surface area contributed by atoms with Crippen LogP contribution in [-0.4, -0.2) is 5.78 Å². The summed E-state index contributed by atoms with van der Waals surface area (Å²) in [4.78, 5) is 12.1. The van der Waals surface area contributed by atoms with Gasteiger partial charge in [-0.3, -0.25) is 4.79 Å². The highest BCUT2D eigenvalue weighted by Crippen LogP contribution is 2.47. The third kappa shape index (κ3) is 1.47. The number of carbonyl (C=O) groups is 1. The fraction of sp³-hybridized carbons (Fsp3) is 0.462. The van der Waals surface area contributed by atoms with Gasteiger partial charge in [-0.15, -0.1) is 0 Å². The van der Waals surface area contributed by atoms with E-state index in [-0.39, 0.29) is 5.41 Å². The van der Waals surface area contributed by atoms with Gasteiger partial charge in [0.15, 0.2) is 5.78 Å². The number of hydrogen-bond donors (Lipinski definition) is 0. The van der Waals surface area contributed by atoms with Gasteiger partial charge in [-0.1, -0.05) is 24.6 Å². The van der Waals surface area contributed by atoms with Crippen molar-refractivity contribution >= 4 is 5.78 Å². The second kappa shape index (κ2) is 2.94. The number of rotatable bonds is 2. The van der Waals surface area contributed by atoms with Crippen molar-refractivity contribution in [3.63, 3.8) is 0 Å². The summed E-state index contributed by atoms with van der Waals surface area (Å²) in [5.74, 6) is 0.332. The predicted molar refractivity (Wildman–Crippen MR) is 57.6 cm³/mol. The molecule has 1 aromatic rings. The SMILES string of the molecule is Cc1ccc(C)c(C(=O)C2(C)CC2)c1. The van der Waals surface area contributed by atoms with Gasteiger partial charge in [0.1, 0.15) is 0 Å². The maximum Gasteiger partial charge on any atom is 0.168 e.